The normalized spacial score (nSPS) is 17.0. The van der Waals surface area contributed by atoms with E-state index in [1.807, 2.05) is 6.07 Å². The molecular formula is C37H49ClN9O2+. The van der Waals surface area contributed by atoms with Gasteiger partial charge in [-0.1, -0.05) is 54.1 Å². The van der Waals surface area contributed by atoms with E-state index in [1.165, 1.54) is 5.56 Å². The first-order valence-electron chi connectivity index (χ1n) is 17.5. The Morgan fingerprint density at radius 3 is 2.39 bits per heavy atom. The van der Waals surface area contributed by atoms with Crippen LogP contribution in [0.15, 0.2) is 54.6 Å². The number of benzene rings is 2. The third kappa shape index (κ3) is 7.83. The molecule has 4 heterocycles. The number of amides is 2. The van der Waals surface area contributed by atoms with E-state index in [9.17, 15) is 9.59 Å². The molecule has 5 N–H and O–H groups in total. The number of anilines is 2. The second kappa shape index (κ2) is 15.1. The Kier molecular flexibility index (Phi) is 10.7. The molecule has 0 spiro atoms. The van der Waals surface area contributed by atoms with Gasteiger partial charge in [-0.25, -0.2) is 19.1 Å². The number of nitrogens with zero attached hydrogens (tertiary/aromatic N) is 6. The van der Waals surface area contributed by atoms with E-state index in [2.05, 4.69) is 96.7 Å². The number of likely N-dealkylation sites (tertiary alicyclic amines) is 2. The van der Waals surface area contributed by atoms with Gasteiger partial charge in [0.1, 0.15) is 6.54 Å². The molecule has 0 aliphatic carbocycles. The number of carbonyl (C=O) groups is 2. The van der Waals surface area contributed by atoms with E-state index in [4.69, 9.17) is 23.1 Å². The van der Waals surface area contributed by atoms with Gasteiger partial charge in [0, 0.05) is 24.9 Å². The average Bonchev–Trinajstić information content (AvgIpc) is 3.41. The monoisotopic (exact) mass is 686 g/mol. The van der Waals surface area contributed by atoms with Gasteiger partial charge in [-0.2, -0.15) is 0 Å². The van der Waals surface area contributed by atoms with Crippen molar-refractivity contribution < 1.29 is 14.2 Å². The molecule has 0 radical (unpaired) electrons. The Labute approximate surface area is 293 Å². The summed E-state index contributed by atoms with van der Waals surface area (Å²) in [4.78, 5) is 39.4. The number of halogens is 1. The van der Waals surface area contributed by atoms with Crippen molar-refractivity contribution in [1.29, 1.82) is 0 Å². The Bertz CT molecular complexity index is 1780. The molecule has 2 aromatic carbocycles. The molecule has 2 fully saturated rings. The van der Waals surface area contributed by atoms with Crippen LogP contribution in [0.4, 0.5) is 11.6 Å². The molecule has 6 rings (SSSR count). The molecule has 0 saturated carbocycles. The van der Waals surface area contributed by atoms with Crippen molar-refractivity contribution in [3.05, 3.63) is 76.8 Å². The van der Waals surface area contributed by atoms with E-state index in [-0.39, 0.29) is 34.4 Å². The van der Waals surface area contributed by atoms with Gasteiger partial charge >= 0.3 is 0 Å². The minimum absolute atomic E-state index is 0.0185. The van der Waals surface area contributed by atoms with Gasteiger partial charge in [-0.05, 0) is 89.2 Å². The van der Waals surface area contributed by atoms with Crippen LogP contribution >= 0.6 is 11.6 Å². The van der Waals surface area contributed by atoms with Crippen LogP contribution in [0.1, 0.15) is 67.3 Å². The fourth-order valence-corrected chi connectivity index (χ4v) is 7.79. The lowest BCUT2D eigenvalue weighted by molar-refractivity contribution is -0.694. The zero-order valence-corrected chi connectivity index (χ0v) is 29.5. The molecule has 0 unspecified atom stereocenters. The molecule has 11 nitrogen and oxygen atoms in total. The van der Waals surface area contributed by atoms with Gasteiger partial charge in [0.2, 0.25) is 5.91 Å². The highest BCUT2D eigenvalue weighted by Gasteiger charge is 2.40. The van der Waals surface area contributed by atoms with Crippen molar-refractivity contribution in [1.82, 2.24) is 29.7 Å². The number of carbonyl (C=O) groups excluding carboxylic acids is 2. The predicted molar refractivity (Wildman–Crippen MR) is 193 cm³/mol. The summed E-state index contributed by atoms with van der Waals surface area (Å²) in [6, 6.07) is 19.0. The fourth-order valence-electron chi connectivity index (χ4n) is 7.67. The van der Waals surface area contributed by atoms with Crippen molar-refractivity contribution in [3.8, 4) is 0 Å². The molecule has 2 aliphatic rings. The first-order valence-corrected chi connectivity index (χ1v) is 17.9. The third-order valence-electron chi connectivity index (χ3n) is 10.7. The molecule has 2 aliphatic heterocycles. The highest BCUT2D eigenvalue weighted by molar-refractivity contribution is 6.31. The molecule has 260 valence electrons. The number of rotatable bonds is 11. The molecule has 2 saturated heterocycles. The van der Waals surface area contributed by atoms with Crippen LogP contribution < -0.4 is 21.4 Å². The smallest absolute Gasteiger partial charge is 0.277 e. The first-order chi connectivity index (χ1) is 23.7. The summed E-state index contributed by atoms with van der Waals surface area (Å²) in [7, 11) is 2.16. The van der Waals surface area contributed by atoms with Crippen molar-refractivity contribution in [2.24, 2.45) is 11.3 Å². The Morgan fingerprint density at radius 1 is 0.980 bits per heavy atom. The molecular weight excluding hydrogens is 638 g/mol. The molecule has 4 aromatic rings. The van der Waals surface area contributed by atoms with Crippen LogP contribution in [-0.4, -0.2) is 69.4 Å². The highest BCUT2D eigenvalue weighted by Crippen LogP contribution is 2.38. The van der Waals surface area contributed by atoms with Gasteiger partial charge in [0.25, 0.3) is 11.7 Å². The van der Waals surface area contributed by atoms with Crippen LogP contribution in [0.5, 0.6) is 0 Å². The van der Waals surface area contributed by atoms with Crippen LogP contribution in [0.3, 0.4) is 0 Å². The summed E-state index contributed by atoms with van der Waals surface area (Å²) in [5.41, 5.74) is 15.2. The number of imidazole rings is 1. The van der Waals surface area contributed by atoms with Crippen LogP contribution in [0, 0.1) is 11.3 Å². The number of nitrogen functional groups attached to an aromatic ring is 2. The summed E-state index contributed by atoms with van der Waals surface area (Å²) >= 11 is 6.09. The van der Waals surface area contributed by atoms with Gasteiger partial charge in [0.15, 0.2) is 33.5 Å². The van der Waals surface area contributed by atoms with Gasteiger partial charge in [-0.3, -0.25) is 9.59 Å². The van der Waals surface area contributed by atoms with E-state index >= 15 is 0 Å². The van der Waals surface area contributed by atoms with Crippen molar-refractivity contribution in [3.63, 3.8) is 0 Å². The summed E-state index contributed by atoms with van der Waals surface area (Å²) in [5, 5.41) is 2.97. The number of nitrogens with two attached hydrogens (primary N) is 2. The summed E-state index contributed by atoms with van der Waals surface area (Å²) < 4.78 is 4.64. The Hall–Kier alpha value is -4.22. The Morgan fingerprint density at radius 2 is 1.67 bits per heavy atom. The van der Waals surface area contributed by atoms with E-state index in [0.717, 1.165) is 94.7 Å². The lowest BCUT2D eigenvalue weighted by Crippen LogP contribution is -2.52. The average molecular weight is 687 g/mol. The van der Waals surface area contributed by atoms with Crippen molar-refractivity contribution in [2.45, 2.75) is 71.5 Å². The van der Waals surface area contributed by atoms with E-state index in [0.29, 0.717) is 18.2 Å². The lowest BCUT2D eigenvalue weighted by Gasteiger charge is -2.42. The molecule has 49 heavy (non-hydrogen) atoms. The number of fused-ring (bicyclic) bond motifs is 1. The Balaban J connectivity index is 1.27. The highest BCUT2D eigenvalue weighted by atomic mass is 35.5. The number of aryl methyl sites for hydroxylation is 2. The fraction of sp³-hybridized carbons (Fsp3) is 0.486. The lowest BCUT2D eigenvalue weighted by atomic mass is 9.73. The van der Waals surface area contributed by atoms with Crippen LogP contribution in [0.25, 0.3) is 11.0 Å². The van der Waals surface area contributed by atoms with Gasteiger partial charge in [0.05, 0.1) is 13.1 Å². The van der Waals surface area contributed by atoms with E-state index < -0.39 is 5.91 Å². The first kappa shape index (κ1) is 34.6. The minimum atomic E-state index is -0.471. The topological polar surface area (TPSA) is 139 Å². The number of aromatic nitrogens is 4. The third-order valence-corrected chi connectivity index (χ3v) is 11.0. The summed E-state index contributed by atoms with van der Waals surface area (Å²) in [6.07, 6.45) is 6.63. The number of piperidine rings is 2. The summed E-state index contributed by atoms with van der Waals surface area (Å²) in [6.45, 7) is 7.52. The number of nitrogens with one attached hydrogen (secondary N) is 1. The van der Waals surface area contributed by atoms with Gasteiger partial charge in [-0.15, -0.1) is 0 Å². The second-order valence-electron chi connectivity index (χ2n) is 13.9. The number of para-hydroxylation sites is 2. The molecule has 0 bridgehead atoms. The number of hydrogen-bond acceptors (Lipinski definition) is 7. The molecule has 2 aromatic heterocycles. The quantitative estimate of drug-likeness (QED) is 0.198. The van der Waals surface area contributed by atoms with Crippen LogP contribution in [-0.2, 0) is 30.8 Å². The maximum Gasteiger partial charge on any atom is 0.277 e. The van der Waals surface area contributed by atoms with Crippen LogP contribution in [0.2, 0.25) is 5.15 Å². The van der Waals surface area contributed by atoms with Crippen molar-refractivity contribution >= 4 is 46.1 Å². The SMILES string of the molecule is CCn1c(CNC(=O)c2nc(Cl)c(N)nc2N)[n+](CC2(CCc3ccccc3)CCN(C(=O)CC3CCN(C)CC3)CC2)c2ccccc21. The predicted octanol–water partition coefficient (Wildman–Crippen LogP) is 4.46. The summed E-state index contributed by atoms with van der Waals surface area (Å²) in [5.74, 6) is 1.20. The number of hydrogen-bond donors (Lipinski definition) is 3. The molecule has 2 amide bonds. The zero-order valence-electron chi connectivity index (χ0n) is 28.7. The minimum Gasteiger partial charge on any atom is -0.382 e. The standard InChI is InChI=1S/C37H48ClN9O2/c1-3-46-28-11-7-8-12-29(28)47(30(46)24-41-36(49)32-34(39)43-35(40)33(38)42-32)25-37(16-13-26-9-5-4-6-10-26)17-21-45(22-18-37)31(48)23-27-14-19-44(2)20-15-27/h4-12,27H,3,13-25H2,1-2H3,(H4-,39,40,41,43,49)/p+1. The van der Waals surface area contributed by atoms with Gasteiger partial charge < -0.3 is 26.6 Å². The maximum absolute atomic E-state index is 13.5. The molecule has 12 heteroatoms. The molecule has 0 atom stereocenters. The largest absolute Gasteiger partial charge is 0.382 e. The van der Waals surface area contributed by atoms with E-state index in [1.54, 1.807) is 0 Å². The zero-order chi connectivity index (χ0) is 34.5. The van der Waals surface area contributed by atoms with Crippen molar-refractivity contribution in [2.75, 3.05) is 44.7 Å². The maximum atomic E-state index is 13.5. The second-order valence-corrected chi connectivity index (χ2v) is 14.2.